The number of amides is 4. The largest absolute Gasteiger partial charge is 0.442 e. The zero-order valence-corrected chi connectivity index (χ0v) is 15.4. The number of nitrogens with zero attached hydrogens (tertiary/aromatic N) is 2. The number of primary amides is 1. The van der Waals surface area contributed by atoms with Crippen molar-refractivity contribution in [2.75, 3.05) is 36.0 Å². The van der Waals surface area contributed by atoms with Crippen molar-refractivity contribution in [3.63, 3.8) is 0 Å². The number of nitrogens with two attached hydrogens (primary N) is 1. The summed E-state index contributed by atoms with van der Waals surface area (Å²) in [5, 5.41) is 5.32. The second kappa shape index (κ2) is 6.84. The van der Waals surface area contributed by atoms with E-state index >= 15 is 0 Å². The predicted octanol–water partition coefficient (Wildman–Crippen LogP) is 0.390. The number of hydrogen-bond donors (Lipinski definition) is 3. The third kappa shape index (κ3) is 3.41. The van der Waals surface area contributed by atoms with Crippen molar-refractivity contribution in [1.82, 2.24) is 10.6 Å². The van der Waals surface area contributed by atoms with Crippen LogP contribution in [-0.2, 0) is 9.53 Å². The Bertz CT molecular complexity index is 822. The maximum absolute atomic E-state index is 14.7. The highest BCUT2D eigenvalue weighted by atomic mass is 19.1. The second-order valence-electron chi connectivity index (χ2n) is 7.46. The number of hydrogen-bond acceptors (Lipinski definition) is 5. The van der Waals surface area contributed by atoms with Gasteiger partial charge in [-0.2, -0.15) is 0 Å². The Labute approximate surface area is 161 Å². The van der Waals surface area contributed by atoms with Crippen molar-refractivity contribution in [2.45, 2.75) is 19.1 Å². The van der Waals surface area contributed by atoms with Crippen LogP contribution in [0.5, 0.6) is 0 Å². The van der Waals surface area contributed by atoms with E-state index in [1.165, 1.54) is 17.9 Å². The fourth-order valence-electron chi connectivity index (χ4n) is 4.12. The predicted molar refractivity (Wildman–Crippen MR) is 98.4 cm³/mol. The molecule has 3 fully saturated rings. The van der Waals surface area contributed by atoms with Gasteiger partial charge in [0.15, 0.2) is 0 Å². The number of carbonyl (C=O) groups excluding carboxylic acids is 3. The van der Waals surface area contributed by atoms with E-state index in [0.29, 0.717) is 24.5 Å². The molecular formula is C18H22FN5O4. The Balaban J connectivity index is 1.39. The van der Waals surface area contributed by atoms with E-state index in [-0.39, 0.29) is 36.9 Å². The Morgan fingerprint density at radius 1 is 1.29 bits per heavy atom. The van der Waals surface area contributed by atoms with Crippen LogP contribution >= 0.6 is 0 Å². The molecule has 4 atom stereocenters. The molecule has 10 heteroatoms. The lowest BCUT2D eigenvalue weighted by Crippen LogP contribution is -2.37. The molecular weight excluding hydrogens is 369 g/mol. The summed E-state index contributed by atoms with van der Waals surface area (Å²) in [7, 11) is 0. The molecule has 0 aromatic heterocycles. The number of nitrogens with one attached hydrogen (secondary N) is 2. The number of rotatable bonds is 5. The number of anilines is 2. The standard InChI is InChI=1S/C18H22FN5O4/c1-9(25)21-5-11-6-24(18(27)28-11)10-2-3-15(14(19)4-10)23-7-12-13(8-23)16(12)22-17(20)26/h2-4,11-13,16H,5-8H2,1H3,(H,21,25)(H3,20,22,26)/t11-,12-,13+,16?/m0/s1. The number of carbonyl (C=O) groups is 3. The Hall–Kier alpha value is -3.04. The Morgan fingerprint density at radius 3 is 2.61 bits per heavy atom. The van der Waals surface area contributed by atoms with Crippen molar-refractivity contribution in [3.05, 3.63) is 24.0 Å². The number of urea groups is 1. The van der Waals surface area contributed by atoms with Gasteiger partial charge in [-0.3, -0.25) is 9.69 Å². The van der Waals surface area contributed by atoms with Crippen LogP contribution in [0.15, 0.2) is 18.2 Å². The molecule has 1 aliphatic carbocycles. The molecule has 0 bridgehead atoms. The van der Waals surface area contributed by atoms with E-state index in [9.17, 15) is 18.8 Å². The molecule has 4 amide bonds. The number of benzene rings is 1. The Morgan fingerprint density at radius 2 is 2.00 bits per heavy atom. The van der Waals surface area contributed by atoms with Gasteiger partial charge in [0.05, 0.1) is 24.5 Å². The van der Waals surface area contributed by atoms with E-state index in [2.05, 4.69) is 10.6 Å². The molecule has 4 N–H and O–H groups in total. The number of ether oxygens (including phenoxy) is 1. The van der Waals surface area contributed by atoms with Gasteiger partial charge in [-0.05, 0) is 18.2 Å². The molecule has 0 radical (unpaired) electrons. The smallest absolute Gasteiger partial charge is 0.414 e. The van der Waals surface area contributed by atoms with Crippen LogP contribution in [-0.4, -0.2) is 56.4 Å². The minimum atomic E-state index is -0.565. The first-order chi connectivity index (χ1) is 13.3. The summed E-state index contributed by atoms with van der Waals surface area (Å²) < 4.78 is 19.9. The van der Waals surface area contributed by atoms with E-state index in [0.717, 1.165) is 0 Å². The highest BCUT2D eigenvalue weighted by molar-refractivity contribution is 5.90. The van der Waals surface area contributed by atoms with Gasteiger partial charge in [-0.15, -0.1) is 0 Å². The Kier molecular flexibility index (Phi) is 4.48. The van der Waals surface area contributed by atoms with Crippen LogP contribution < -0.4 is 26.2 Å². The van der Waals surface area contributed by atoms with Gasteiger partial charge in [0.25, 0.3) is 0 Å². The fourth-order valence-corrected chi connectivity index (χ4v) is 4.12. The van der Waals surface area contributed by atoms with Gasteiger partial charge >= 0.3 is 12.1 Å². The maximum atomic E-state index is 14.7. The quantitative estimate of drug-likeness (QED) is 0.671. The molecule has 150 valence electrons. The van der Waals surface area contributed by atoms with Crippen LogP contribution in [0.1, 0.15) is 6.92 Å². The van der Waals surface area contributed by atoms with Gasteiger partial charge in [-0.25, -0.2) is 14.0 Å². The molecule has 1 aromatic carbocycles. The van der Waals surface area contributed by atoms with E-state index in [1.807, 2.05) is 4.90 Å². The third-order valence-corrected chi connectivity index (χ3v) is 5.54. The highest BCUT2D eigenvalue weighted by Crippen LogP contribution is 2.47. The number of cyclic esters (lactones) is 1. The molecule has 28 heavy (non-hydrogen) atoms. The molecule has 3 aliphatic rings. The van der Waals surface area contributed by atoms with Crippen LogP contribution in [0.2, 0.25) is 0 Å². The summed E-state index contributed by atoms with van der Waals surface area (Å²) in [6, 6.07) is 4.21. The SMILES string of the molecule is CC(=O)NC[C@H]1CN(c2ccc(N3C[C@@H]4C(NC(N)=O)[C@@H]4C3)c(F)c2)C(=O)O1. The molecule has 0 spiro atoms. The second-order valence-corrected chi connectivity index (χ2v) is 7.46. The number of piperidine rings is 1. The topological polar surface area (TPSA) is 117 Å². The van der Waals surface area contributed by atoms with Crippen molar-refractivity contribution >= 4 is 29.4 Å². The summed E-state index contributed by atoms with van der Waals surface area (Å²) in [6.45, 7) is 3.14. The monoisotopic (exact) mass is 391 g/mol. The minimum Gasteiger partial charge on any atom is -0.442 e. The van der Waals surface area contributed by atoms with Crippen molar-refractivity contribution in [1.29, 1.82) is 0 Å². The summed E-state index contributed by atoms with van der Waals surface area (Å²) in [6.07, 6.45) is -1.04. The molecule has 2 heterocycles. The summed E-state index contributed by atoms with van der Waals surface area (Å²) in [4.78, 5) is 37.3. The van der Waals surface area contributed by atoms with Gasteiger partial charge in [0, 0.05) is 37.9 Å². The molecule has 1 saturated carbocycles. The van der Waals surface area contributed by atoms with E-state index in [1.54, 1.807) is 12.1 Å². The summed E-state index contributed by atoms with van der Waals surface area (Å²) in [5.74, 6) is -0.0533. The lowest BCUT2D eigenvalue weighted by atomic mass is 10.2. The van der Waals surface area contributed by atoms with E-state index in [4.69, 9.17) is 10.5 Å². The molecule has 2 saturated heterocycles. The summed E-state index contributed by atoms with van der Waals surface area (Å²) >= 11 is 0. The van der Waals surface area contributed by atoms with Gasteiger partial charge in [-0.1, -0.05) is 0 Å². The van der Waals surface area contributed by atoms with E-state index < -0.39 is 24.0 Å². The highest BCUT2D eigenvalue weighted by Gasteiger charge is 2.56. The zero-order chi connectivity index (χ0) is 20.0. The molecule has 4 rings (SSSR count). The molecule has 1 aromatic rings. The van der Waals surface area contributed by atoms with Gasteiger partial charge in [0.1, 0.15) is 11.9 Å². The number of halogens is 1. The number of fused-ring (bicyclic) bond motifs is 1. The van der Waals surface area contributed by atoms with Gasteiger partial charge in [0.2, 0.25) is 5.91 Å². The van der Waals surface area contributed by atoms with Crippen LogP contribution in [0, 0.1) is 17.7 Å². The lowest BCUT2D eigenvalue weighted by molar-refractivity contribution is -0.119. The minimum absolute atomic E-state index is 0.0796. The normalized spacial score (nSPS) is 28.0. The van der Waals surface area contributed by atoms with Crippen molar-refractivity contribution in [3.8, 4) is 0 Å². The first-order valence-corrected chi connectivity index (χ1v) is 9.16. The average molecular weight is 391 g/mol. The zero-order valence-electron chi connectivity index (χ0n) is 15.4. The average Bonchev–Trinajstić information content (AvgIpc) is 2.99. The van der Waals surface area contributed by atoms with Crippen molar-refractivity contribution in [2.24, 2.45) is 17.6 Å². The van der Waals surface area contributed by atoms with Crippen LogP contribution in [0.3, 0.4) is 0 Å². The van der Waals surface area contributed by atoms with Crippen LogP contribution in [0.25, 0.3) is 0 Å². The maximum Gasteiger partial charge on any atom is 0.414 e. The van der Waals surface area contributed by atoms with Crippen molar-refractivity contribution < 1.29 is 23.5 Å². The fraction of sp³-hybridized carbons (Fsp3) is 0.500. The first-order valence-electron chi connectivity index (χ1n) is 9.16. The molecule has 2 aliphatic heterocycles. The molecule has 1 unspecified atom stereocenters. The lowest BCUT2D eigenvalue weighted by Gasteiger charge is -2.23. The third-order valence-electron chi connectivity index (χ3n) is 5.54. The molecule has 9 nitrogen and oxygen atoms in total. The summed E-state index contributed by atoms with van der Waals surface area (Å²) in [5.41, 5.74) is 6.03. The first kappa shape index (κ1) is 18.3. The van der Waals surface area contributed by atoms with Gasteiger partial charge < -0.3 is 26.0 Å². The van der Waals surface area contributed by atoms with Crippen LogP contribution in [0.4, 0.5) is 25.4 Å².